The van der Waals surface area contributed by atoms with Crippen molar-refractivity contribution in [2.24, 2.45) is 0 Å². The van der Waals surface area contributed by atoms with E-state index in [2.05, 4.69) is 10.6 Å². The largest absolute Gasteiger partial charge is 0.493 e. The van der Waals surface area contributed by atoms with Crippen molar-refractivity contribution in [3.8, 4) is 11.5 Å². The molecular weight excluding hydrogens is 380 g/mol. The van der Waals surface area contributed by atoms with E-state index in [1.807, 2.05) is 60.7 Å². The van der Waals surface area contributed by atoms with Crippen LogP contribution in [0.25, 0.3) is 0 Å². The van der Waals surface area contributed by atoms with E-state index in [1.54, 1.807) is 18.2 Å². The first kappa shape index (κ1) is 20.9. The molecule has 0 aromatic heterocycles. The summed E-state index contributed by atoms with van der Waals surface area (Å²) < 4.78 is 11.2. The highest BCUT2D eigenvalue weighted by Crippen LogP contribution is 2.28. The number of hydrogen-bond donors (Lipinski definition) is 2. The number of benzene rings is 3. The summed E-state index contributed by atoms with van der Waals surface area (Å²) in [4.78, 5) is 24.4. The summed E-state index contributed by atoms with van der Waals surface area (Å²) in [6.07, 6.45) is 0.177. The molecule has 2 amide bonds. The SMILES string of the molecule is COc1cc(C(=O)NCCC(=O)Nc2ccccc2)ccc1OCc1ccccc1. The molecule has 3 aromatic carbocycles. The molecule has 0 atom stereocenters. The fraction of sp³-hybridized carbons (Fsp3) is 0.167. The van der Waals surface area contributed by atoms with Gasteiger partial charge >= 0.3 is 0 Å². The highest BCUT2D eigenvalue weighted by molar-refractivity contribution is 5.95. The van der Waals surface area contributed by atoms with E-state index < -0.39 is 0 Å². The minimum atomic E-state index is -0.282. The van der Waals surface area contributed by atoms with Crippen molar-refractivity contribution in [3.63, 3.8) is 0 Å². The number of para-hydroxylation sites is 1. The summed E-state index contributed by atoms with van der Waals surface area (Å²) >= 11 is 0. The van der Waals surface area contributed by atoms with Crippen molar-refractivity contribution in [1.82, 2.24) is 5.32 Å². The molecule has 3 aromatic rings. The van der Waals surface area contributed by atoms with Gasteiger partial charge in [-0.1, -0.05) is 48.5 Å². The number of nitrogens with one attached hydrogen (secondary N) is 2. The molecule has 0 saturated heterocycles. The normalized spacial score (nSPS) is 10.2. The first-order valence-corrected chi connectivity index (χ1v) is 9.63. The van der Waals surface area contributed by atoms with Gasteiger partial charge in [-0.2, -0.15) is 0 Å². The van der Waals surface area contributed by atoms with Gasteiger partial charge in [0.25, 0.3) is 5.91 Å². The monoisotopic (exact) mass is 404 g/mol. The van der Waals surface area contributed by atoms with Gasteiger partial charge in [0.2, 0.25) is 5.91 Å². The van der Waals surface area contributed by atoms with E-state index in [0.717, 1.165) is 11.3 Å². The number of amides is 2. The van der Waals surface area contributed by atoms with Crippen LogP contribution in [-0.2, 0) is 11.4 Å². The van der Waals surface area contributed by atoms with Gasteiger partial charge < -0.3 is 20.1 Å². The minimum absolute atomic E-state index is 0.163. The van der Waals surface area contributed by atoms with Gasteiger partial charge in [0.1, 0.15) is 6.61 Å². The van der Waals surface area contributed by atoms with Crippen LogP contribution >= 0.6 is 0 Å². The van der Waals surface area contributed by atoms with E-state index in [0.29, 0.717) is 23.7 Å². The molecule has 0 unspecified atom stereocenters. The second-order valence-electron chi connectivity index (χ2n) is 6.56. The van der Waals surface area contributed by atoms with Crippen molar-refractivity contribution in [3.05, 3.63) is 90.0 Å². The summed E-state index contributed by atoms with van der Waals surface area (Å²) in [5.74, 6) is 0.583. The van der Waals surface area contributed by atoms with Crippen molar-refractivity contribution < 1.29 is 19.1 Å². The second kappa shape index (κ2) is 10.7. The molecule has 0 fully saturated rings. The Hall–Kier alpha value is -3.80. The van der Waals surface area contributed by atoms with Gasteiger partial charge in [0.05, 0.1) is 7.11 Å². The Bertz CT molecular complexity index is 975. The third-order valence-corrected chi connectivity index (χ3v) is 4.36. The molecule has 2 N–H and O–H groups in total. The lowest BCUT2D eigenvalue weighted by Gasteiger charge is -2.12. The summed E-state index contributed by atoms with van der Waals surface area (Å²) in [7, 11) is 1.53. The molecule has 0 radical (unpaired) electrons. The van der Waals surface area contributed by atoms with E-state index >= 15 is 0 Å². The Morgan fingerprint density at radius 2 is 1.57 bits per heavy atom. The van der Waals surface area contributed by atoms with Crippen molar-refractivity contribution in [2.45, 2.75) is 13.0 Å². The van der Waals surface area contributed by atoms with Crippen LogP contribution in [0.3, 0.4) is 0 Å². The molecule has 154 valence electrons. The van der Waals surface area contributed by atoms with Crippen molar-refractivity contribution in [2.75, 3.05) is 19.0 Å². The Morgan fingerprint density at radius 1 is 0.867 bits per heavy atom. The fourth-order valence-electron chi connectivity index (χ4n) is 2.80. The number of methoxy groups -OCH3 is 1. The van der Waals surface area contributed by atoms with E-state index in [9.17, 15) is 9.59 Å². The van der Waals surface area contributed by atoms with Crippen LogP contribution in [0.4, 0.5) is 5.69 Å². The molecule has 0 aliphatic heterocycles. The Morgan fingerprint density at radius 3 is 2.27 bits per heavy atom. The molecule has 0 saturated carbocycles. The maximum Gasteiger partial charge on any atom is 0.251 e. The molecule has 0 aliphatic carbocycles. The summed E-state index contributed by atoms with van der Waals surface area (Å²) in [5, 5.41) is 5.53. The quantitative estimate of drug-likeness (QED) is 0.565. The summed E-state index contributed by atoms with van der Waals surface area (Å²) in [6.45, 7) is 0.630. The second-order valence-corrected chi connectivity index (χ2v) is 6.56. The lowest BCUT2D eigenvalue weighted by molar-refractivity contribution is -0.116. The fourth-order valence-corrected chi connectivity index (χ4v) is 2.80. The summed E-state index contributed by atoms with van der Waals surface area (Å²) in [6, 6.07) is 24.0. The van der Waals surface area contributed by atoms with E-state index in [1.165, 1.54) is 7.11 Å². The maximum atomic E-state index is 12.4. The van der Waals surface area contributed by atoms with Crippen LogP contribution in [0.5, 0.6) is 11.5 Å². The molecule has 0 bridgehead atoms. The van der Waals surface area contributed by atoms with Crippen LogP contribution in [-0.4, -0.2) is 25.5 Å². The molecule has 0 aliphatic rings. The zero-order chi connectivity index (χ0) is 21.2. The van der Waals surface area contributed by atoms with Crippen LogP contribution in [0.1, 0.15) is 22.3 Å². The predicted molar refractivity (Wildman–Crippen MR) is 116 cm³/mol. The molecular formula is C24H24N2O4. The highest BCUT2D eigenvalue weighted by atomic mass is 16.5. The number of ether oxygens (including phenoxy) is 2. The average molecular weight is 404 g/mol. The van der Waals surface area contributed by atoms with Crippen molar-refractivity contribution in [1.29, 1.82) is 0 Å². The zero-order valence-electron chi connectivity index (χ0n) is 16.8. The molecule has 30 heavy (non-hydrogen) atoms. The maximum absolute atomic E-state index is 12.4. The zero-order valence-corrected chi connectivity index (χ0v) is 16.8. The number of rotatable bonds is 9. The lowest BCUT2D eigenvalue weighted by atomic mass is 10.2. The van der Waals surface area contributed by atoms with Gasteiger partial charge in [-0.3, -0.25) is 9.59 Å². The van der Waals surface area contributed by atoms with Crippen LogP contribution in [0.2, 0.25) is 0 Å². The predicted octanol–water partition coefficient (Wildman–Crippen LogP) is 4.03. The molecule has 0 heterocycles. The van der Waals surface area contributed by atoms with Gasteiger partial charge in [0, 0.05) is 24.2 Å². The van der Waals surface area contributed by atoms with Gasteiger partial charge in [-0.25, -0.2) is 0 Å². The number of carbonyl (C=O) groups excluding carboxylic acids is 2. The smallest absolute Gasteiger partial charge is 0.251 e. The lowest BCUT2D eigenvalue weighted by Crippen LogP contribution is -2.27. The topological polar surface area (TPSA) is 76.7 Å². The van der Waals surface area contributed by atoms with Crippen LogP contribution in [0.15, 0.2) is 78.9 Å². The van der Waals surface area contributed by atoms with Gasteiger partial charge in [0.15, 0.2) is 11.5 Å². The first-order chi connectivity index (χ1) is 14.7. The summed E-state index contributed by atoms with van der Waals surface area (Å²) in [5.41, 5.74) is 2.20. The Kier molecular flexibility index (Phi) is 7.44. The highest BCUT2D eigenvalue weighted by Gasteiger charge is 2.12. The number of carbonyl (C=O) groups is 2. The number of anilines is 1. The molecule has 3 rings (SSSR count). The van der Waals surface area contributed by atoms with E-state index in [4.69, 9.17) is 9.47 Å². The minimum Gasteiger partial charge on any atom is -0.493 e. The van der Waals surface area contributed by atoms with E-state index in [-0.39, 0.29) is 24.8 Å². The molecule has 0 spiro atoms. The van der Waals surface area contributed by atoms with Crippen LogP contribution in [0, 0.1) is 0 Å². The third kappa shape index (κ3) is 6.10. The average Bonchev–Trinajstić information content (AvgIpc) is 2.78. The number of hydrogen-bond acceptors (Lipinski definition) is 4. The molecule has 6 nitrogen and oxygen atoms in total. The van der Waals surface area contributed by atoms with Crippen LogP contribution < -0.4 is 20.1 Å². The Balaban J connectivity index is 1.51. The van der Waals surface area contributed by atoms with Gasteiger partial charge in [-0.15, -0.1) is 0 Å². The standard InChI is InChI=1S/C24H24N2O4/c1-29-22-16-19(12-13-21(22)30-17-18-8-4-2-5-9-18)24(28)25-15-14-23(27)26-20-10-6-3-7-11-20/h2-13,16H,14-15,17H2,1H3,(H,25,28)(H,26,27). The Labute approximate surface area is 175 Å². The third-order valence-electron chi connectivity index (χ3n) is 4.36. The molecule has 6 heteroatoms. The van der Waals surface area contributed by atoms with Gasteiger partial charge in [-0.05, 0) is 35.9 Å². The van der Waals surface area contributed by atoms with Crippen molar-refractivity contribution >= 4 is 17.5 Å². The first-order valence-electron chi connectivity index (χ1n) is 9.63.